The van der Waals surface area contributed by atoms with Gasteiger partial charge in [0, 0.05) is 0 Å². The van der Waals surface area contributed by atoms with Crippen LogP contribution in [0.2, 0.25) is 0 Å². The minimum absolute atomic E-state index is 0.128. The predicted molar refractivity (Wildman–Crippen MR) is 51.4 cm³/mol. The molecule has 0 amide bonds. The first kappa shape index (κ1) is 10.5. The highest BCUT2D eigenvalue weighted by Gasteiger charge is 2.60. The number of aldehydes is 1. The lowest BCUT2D eigenvalue weighted by Crippen LogP contribution is -2.03. The zero-order chi connectivity index (χ0) is 10.9. The van der Waals surface area contributed by atoms with Gasteiger partial charge in [-0.1, -0.05) is 25.8 Å². The summed E-state index contributed by atoms with van der Waals surface area (Å²) in [5.74, 6) is 0.832. The monoisotopic (exact) mass is 192 g/mol. The van der Waals surface area contributed by atoms with Crippen LogP contribution >= 0.6 is 0 Å². The van der Waals surface area contributed by atoms with E-state index in [2.05, 4.69) is 5.92 Å². The number of carboxylic acid groups (broad SMARTS) is 1. The Morgan fingerprint density at radius 2 is 2.14 bits per heavy atom. The van der Waals surface area contributed by atoms with Gasteiger partial charge in [0.2, 0.25) is 0 Å². The number of terminal acetylenes is 1. The molecule has 0 aromatic heterocycles. The van der Waals surface area contributed by atoms with E-state index in [-0.39, 0.29) is 16.9 Å². The van der Waals surface area contributed by atoms with E-state index in [0.717, 1.165) is 0 Å². The van der Waals surface area contributed by atoms with Gasteiger partial charge in [-0.15, -0.1) is 6.42 Å². The summed E-state index contributed by atoms with van der Waals surface area (Å²) in [6.45, 7) is 3.71. The molecule has 1 rings (SSSR count). The molecule has 3 nitrogen and oxygen atoms in total. The van der Waals surface area contributed by atoms with Gasteiger partial charge < -0.3 is 5.11 Å². The second kappa shape index (κ2) is 3.30. The number of hydrogen-bond donors (Lipinski definition) is 1. The second-order valence-electron chi connectivity index (χ2n) is 4.05. The normalized spacial score (nSPS) is 29.1. The summed E-state index contributed by atoms with van der Waals surface area (Å²) in [6, 6.07) is 0. The number of allylic oxidation sites excluding steroid dienone is 2. The molecule has 0 aliphatic heterocycles. The van der Waals surface area contributed by atoms with Crippen molar-refractivity contribution in [3.63, 3.8) is 0 Å². The van der Waals surface area contributed by atoms with Crippen LogP contribution < -0.4 is 0 Å². The number of aliphatic carboxylic acids is 1. The number of carbonyl (C=O) groups is 2. The Hall–Kier alpha value is -1.56. The summed E-state index contributed by atoms with van der Waals surface area (Å²) in [5, 5.41) is 8.85. The zero-order valence-electron chi connectivity index (χ0n) is 8.15. The van der Waals surface area contributed by atoms with Crippen LogP contribution in [0.1, 0.15) is 13.8 Å². The van der Waals surface area contributed by atoms with Crippen molar-refractivity contribution in [2.45, 2.75) is 13.8 Å². The van der Waals surface area contributed by atoms with E-state index < -0.39 is 11.9 Å². The molecule has 0 bridgehead atoms. The van der Waals surface area contributed by atoms with Crippen LogP contribution in [0.3, 0.4) is 0 Å². The van der Waals surface area contributed by atoms with Gasteiger partial charge in [-0.25, -0.2) is 0 Å². The van der Waals surface area contributed by atoms with E-state index in [1.54, 1.807) is 6.08 Å². The zero-order valence-corrected chi connectivity index (χ0v) is 8.15. The molecule has 1 aliphatic carbocycles. The predicted octanol–water partition coefficient (Wildman–Crippen LogP) is 1.10. The molecule has 0 aromatic rings. The molecule has 14 heavy (non-hydrogen) atoms. The molecule has 2 unspecified atom stereocenters. The Morgan fingerprint density at radius 3 is 2.43 bits per heavy atom. The Balaban J connectivity index is 2.85. The highest BCUT2D eigenvalue weighted by atomic mass is 16.4. The smallest absolute Gasteiger partial charge is 0.307 e. The molecular formula is C11H12O3. The Labute approximate surface area is 82.8 Å². The van der Waals surface area contributed by atoms with Crippen molar-refractivity contribution in [3.05, 3.63) is 11.6 Å². The average Bonchev–Trinajstić information content (AvgIpc) is 2.63. The van der Waals surface area contributed by atoms with Crippen LogP contribution in [0.4, 0.5) is 0 Å². The summed E-state index contributed by atoms with van der Waals surface area (Å²) < 4.78 is 0. The van der Waals surface area contributed by atoms with Gasteiger partial charge in [0.25, 0.3) is 0 Å². The van der Waals surface area contributed by atoms with Crippen LogP contribution in [0.25, 0.3) is 0 Å². The summed E-state index contributed by atoms with van der Waals surface area (Å²) in [6.07, 6.45) is 7.22. The second-order valence-corrected chi connectivity index (χ2v) is 4.05. The first-order valence-corrected chi connectivity index (χ1v) is 4.31. The number of carboxylic acids is 1. The fraction of sp³-hybridized carbons (Fsp3) is 0.455. The third kappa shape index (κ3) is 1.56. The van der Waals surface area contributed by atoms with E-state index in [1.165, 1.54) is 0 Å². The van der Waals surface area contributed by atoms with E-state index in [0.29, 0.717) is 6.29 Å². The van der Waals surface area contributed by atoms with Crippen molar-refractivity contribution in [3.8, 4) is 12.3 Å². The molecule has 1 N–H and O–H groups in total. The maximum atomic E-state index is 10.8. The van der Waals surface area contributed by atoms with Gasteiger partial charge in [-0.2, -0.15) is 0 Å². The van der Waals surface area contributed by atoms with Crippen molar-refractivity contribution in [1.82, 2.24) is 0 Å². The average molecular weight is 192 g/mol. The lowest BCUT2D eigenvalue weighted by Gasteiger charge is -1.96. The number of hydrogen-bond acceptors (Lipinski definition) is 2. The summed E-state index contributed by atoms with van der Waals surface area (Å²) in [7, 11) is 0. The molecule has 74 valence electrons. The van der Waals surface area contributed by atoms with Crippen LogP contribution in [0, 0.1) is 29.6 Å². The van der Waals surface area contributed by atoms with Gasteiger partial charge in [0.1, 0.15) is 0 Å². The Kier molecular flexibility index (Phi) is 2.48. The Bertz CT molecular complexity index is 344. The minimum atomic E-state index is -0.835. The first-order valence-electron chi connectivity index (χ1n) is 4.31. The van der Waals surface area contributed by atoms with Crippen LogP contribution in [0.5, 0.6) is 0 Å². The SMILES string of the molecule is C#CC(C=O)=CC1C(C(=O)O)C1(C)C. The van der Waals surface area contributed by atoms with Gasteiger partial charge >= 0.3 is 5.97 Å². The van der Waals surface area contributed by atoms with Crippen LogP contribution in [-0.2, 0) is 9.59 Å². The van der Waals surface area contributed by atoms with Crippen LogP contribution in [0.15, 0.2) is 11.6 Å². The van der Waals surface area contributed by atoms with Crippen molar-refractivity contribution < 1.29 is 14.7 Å². The van der Waals surface area contributed by atoms with Gasteiger partial charge in [-0.05, 0) is 11.3 Å². The molecule has 0 saturated heterocycles. The fourth-order valence-corrected chi connectivity index (χ4v) is 1.78. The highest BCUT2D eigenvalue weighted by Crippen LogP contribution is 2.59. The maximum Gasteiger partial charge on any atom is 0.307 e. The van der Waals surface area contributed by atoms with E-state index in [9.17, 15) is 9.59 Å². The molecule has 1 aliphatic rings. The summed E-state index contributed by atoms with van der Waals surface area (Å²) in [5.41, 5.74) is -0.0662. The lowest BCUT2D eigenvalue weighted by atomic mass is 10.1. The quantitative estimate of drug-likeness (QED) is 0.414. The van der Waals surface area contributed by atoms with E-state index in [1.807, 2.05) is 13.8 Å². The summed E-state index contributed by atoms with van der Waals surface area (Å²) >= 11 is 0. The number of carbonyl (C=O) groups excluding carboxylic acids is 1. The summed E-state index contributed by atoms with van der Waals surface area (Å²) in [4.78, 5) is 21.2. The van der Waals surface area contributed by atoms with Crippen LogP contribution in [-0.4, -0.2) is 17.4 Å². The van der Waals surface area contributed by atoms with Gasteiger partial charge in [-0.3, -0.25) is 9.59 Å². The van der Waals surface area contributed by atoms with E-state index >= 15 is 0 Å². The topological polar surface area (TPSA) is 54.4 Å². The molecular weight excluding hydrogens is 180 g/mol. The highest BCUT2D eigenvalue weighted by molar-refractivity contribution is 5.81. The molecule has 0 spiro atoms. The molecule has 3 heteroatoms. The standard InChI is InChI=1S/C11H12O3/c1-4-7(6-12)5-8-9(10(13)14)11(8,2)3/h1,5-6,8-9H,2-3H3,(H,13,14). The third-order valence-electron chi connectivity index (χ3n) is 2.83. The molecule has 1 saturated carbocycles. The molecule has 0 heterocycles. The van der Waals surface area contributed by atoms with Crippen molar-refractivity contribution in [1.29, 1.82) is 0 Å². The van der Waals surface area contributed by atoms with Gasteiger partial charge in [0.05, 0.1) is 11.5 Å². The largest absolute Gasteiger partial charge is 0.481 e. The van der Waals surface area contributed by atoms with Gasteiger partial charge in [0.15, 0.2) is 6.29 Å². The Morgan fingerprint density at radius 1 is 1.57 bits per heavy atom. The van der Waals surface area contributed by atoms with Crippen molar-refractivity contribution in [2.24, 2.45) is 17.3 Å². The maximum absolute atomic E-state index is 10.8. The number of rotatable bonds is 3. The fourth-order valence-electron chi connectivity index (χ4n) is 1.78. The molecule has 0 radical (unpaired) electrons. The van der Waals surface area contributed by atoms with Crippen molar-refractivity contribution >= 4 is 12.3 Å². The lowest BCUT2D eigenvalue weighted by molar-refractivity contribution is -0.139. The minimum Gasteiger partial charge on any atom is -0.481 e. The van der Waals surface area contributed by atoms with E-state index in [4.69, 9.17) is 11.5 Å². The molecule has 0 aromatic carbocycles. The van der Waals surface area contributed by atoms with Crippen molar-refractivity contribution in [2.75, 3.05) is 0 Å². The molecule has 2 atom stereocenters. The first-order chi connectivity index (χ1) is 6.45. The molecule has 1 fully saturated rings. The third-order valence-corrected chi connectivity index (χ3v) is 2.83.